The van der Waals surface area contributed by atoms with Gasteiger partial charge in [-0.25, -0.2) is 14.2 Å². The van der Waals surface area contributed by atoms with Crippen LogP contribution in [0.15, 0.2) is 42.6 Å². The molecule has 0 fully saturated rings. The van der Waals surface area contributed by atoms with E-state index in [-0.39, 0.29) is 11.3 Å². The fourth-order valence-corrected chi connectivity index (χ4v) is 1.65. The predicted molar refractivity (Wildman–Crippen MR) is 73.3 cm³/mol. The number of aromatic nitrogens is 1. The van der Waals surface area contributed by atoms with Crippen molar-refractivity contribution in [1.82, 2.24) is 4.98 Å². The number of amides is 1. The topological polar surface area (TPSA) is 60.7 Å². The van der Waals surface area contributed by atoms with Gasteiger partial charge in [-0.2, -0.15) is 0 Å². The molecule has 0 spiro atoms. The summed E-state index contributed by atoms with van der Waals surface area (Å²) in [7, 11) is 3.65. The molecule has 0 aliphatic rings. The number of carbonyl (C=O) groups is 1. The van der Waals surface area contributed by atoms with E-state index < -0.39 is 16.8 Å². The Morgan fingerprint density at radius 2 is 1.85 bits per heavy atom. The van der Waals surface area contributed by atoms with Gasteiger partial charge in [0.25, 0.3) is 0 Å². The minimum atomic E-state index is -0.676. The van der Waals surface area contributed by atoms with Gasteiger partial charge in [-0.1, -0.05) is 0 Å². The highest BCUT2D eigenvalue weighted by Gasteiger charge is 2.17. The summed E-state index contributed by atoms with van der Waals surface area (Å²) in [5.74, 6) is -0.420. The van der Waals surface area contributed by atoms with Gasteiger partial charge in [0.05, 0.1) is 5.56 Å². The number of hydroxylamine groups is 1. The normalized spacial score (nSPS) is 12.0. The lowest BCUT2D eigenvalue weighted by molar-refractivity contribution is -0.679. The number of quaternary nitrogens is 1. The van der Waals surface area contributed by atoms with Gasteiger partial charge >= 0.3 is 5.91 Å². The fourth-order valence-electron chi connectivity index (χ4n) is 1.65. The van der Waals surface area contributed by atoms with Crippen molar-refractivity contribution in [3.8, 4) is 0 Å². The second kappa shape index (κ2) is 5.77. The van der Waals surface area contributed by atoms with E-state index in [1.165, 1.54) is 18.3 Å². The highest BCUT2D eigenvalue weighted by Crippen LogP contribution is 2.08. The molecule has 2 rings (SSSR count). The molecule has 6 heteroatoms. The molecule has 0 bridgehead atoms. The number of benzene rings is 1. The van der Waals surface area contributed by atoms with Gasteiger partial charge in [0, 0.05) is 32.4 Å². The number of nitrogens with one attached hydrogen (secondary N) is 1. The van der Waals surface area contributed by atoms with Gasteiger partial charge in [0.15, 0.2) is 0 Å². The largest absolute Gasteiger partial charge is 0.621 e. The van der Waals surface area contributed by atoms with E-state index >= 15 is 0 Å². The number of pyridine rings is 1. The molecule has 1 unspecified atom stereocenters. The zero-order chi connectivity index (χ0) is 14.7. The Balaban J connectivity index is 2.20. The Morgan fingerprint density at radius 3 is 2.35 bits per heavy atom. The molecule has 2 aromatic rings. The van der Waals surface area contributed by atoms with Crippen LogP contribution in [0.3, 0.4) is 0 Å². The molecule has 1 aromatic heterocycles. The first-order valence-corrected chi connectivity index (χ1v) is 5.97. The number of nitrogens with zero attached hydrogens (tertiary/aromatic N) is 2. The van der Waals surface area contributed by atoms with Crippen LogP contribution in [0.5, 0.6) is 0 Å². The maximum absolute atomic E-state index is 12.8. The Morgan fingerprint density at radius 1 is 1.20 bits per heavy atom. The monoisotopic (exact) mass is 275 g/mol. The maximum atomic E-state index is 12.8. The lowest BCUT2D eigenvalue weighted by Gasteiger charge is -2.19. The van der Waals surface area contributed by atoms with Crippen molar-refractivity contribution in [3.05, 3.63) is 59.2 Å². The van der Waals surface area contributed by atoms with E-state index in [0.29, 0.717) is 5.82 Å². The average molecular weight is 275 g/mol. The van der Waals surface area contributed by atoms with Crippen LogP contribution >= 0.6 is 0 Å². The Bertz CT molecular complexity index is 597. The van der Waals surface area contributed by atoms with Gasteiger partial charge in [-0.05, 0) is 24.3 Å². The van der Waals surface area contributed by atoms with Crippen molar-refractivity contribution in [2.75, 3.05) is 19.0 Å². The summed E-state index contributed by atoms with van der Waals surface area (Å²) >= 11 is 0. The Kier molecular flexibility index (Phi) is 4.07. The standard InChI is InChI=1S/C14H14FN3O2/c1-17(2)13-8-3-10(9-16-13)14(19)18(20)12-6-4-11(15)5-7-12/h3-9,18H,1-2H3. The molecule has 1 amide bonds. The van der Waals surface area contributed by atoms with Gasteiger partial charge in [0.1, 0.15) is 17.3 Å². The average Bonchev–Trinajstić information content (AvgIpc) is 2.46. The molecule has 0 saturated carbocycles. The zero-order valence-corrected chi connectivity index (χ0v) is 11.1. The van der Waals surface area contributed by atoms with Gasteiger partial charge < -0.3 is 10.1 Å². The third-order valence-electron chi connectivity index (χ3n) is 2.78. The summed E-state index contributed by atoms with van der Waals surface area (Å²) in [4.78, 5) is 17.9. The summed E-state index contributed by atoms with van der Waals surface area (Å²) in [6, 6.07) is 8.08. The number of carbonyl (C=O) groups excluding carboxylic acids is 1. The Labute approximate surface area is 115 Å². The van der Waals surface area contributed by atoms with Gasteiger partial charge in [-0.15, -0.1) is 0 Å². The summed E-state index contributed by atoms with van der Waals surface area (Å²) in [5, 5.41) is 11.3. The molecule has 1 aromatic carbocycles. The van der Waals surface area contributed by atoms with Crippen LogP contribution < -0.4 is 9.96 Å². The van der Waals surface area contributed by atoms with Gasteiger partial charge in [-0.3, -0.25) is 5.06 Å². The predicted octanol–water partition coefficient (Wildman–Crippen LogP) is 1.14. The van der Waals surface area contributed by atoms with E-state index in [1.54, 1.807) is 17.0 Å². The molecule has 1 heterocycles. The van der Waals surface area contributed by atoms with Crippen molar-refractivity contribution in [1.29, 1.82) is 0 Å². The summed E-state index contributed by atoms with van der Waals surface area (Å²) in [6.45, 7) is 0. The number of rotatable bonds is 3. The molecule has 0 saturated heterocycles. The number of hydrogen-bond donors (Lipinski definition) is 1. The maximum Gasteiger partial charge on any atom is 0.350 e. The molecule has 20 heavy (non-hydrogen) atoms. The van der Waals surface area contributed by atoms with Crippen LogP contribution in [0, 0.1) is 11.0 Å². The van der Waals surface area contributed by atoms with Gasteiger partial charge in [0.2, 0.25) is 0 Å². The minimum absolute atomic E-state index is 0.160. The molecule has 1 N–H and O–H groups in total. The lowest BCUT2D eigenvalue weighted by Crippen LogP contribution is -3.05. The zero-order valence-electron chi connectivity index (χ0n) is 11.1. The lowest BCUT2D eigenvalue weighted by atomic mass is 10.2. The van der Waals surface area contributed by atoms with Crippen molar-refractivity contribution in [2.45, 2.75) is 0 Å². The smallest absolute Gasteiger partial charge is 0.350 e. The fraction of sp³-hybridized carbons (Fsp3) is 0.143. The van der Waals surface area contributed by atoms with E-state index in [2.05, 4.69) is 4.98 Å². The van der Waals surface area contributed by atoms with Crippen LogP contribution in [0.1, 0.15) is 10.4 Å². The van der Waals surface area contributed by atoms with Crippen LogP contribution in [0.2, 0.25) is 0 Å². The summed E-state index contributed by atoms with van der Waals surface area (Å²) in [6.07, 6.45) is 1.36. The van der Waals surface area contributed by atoms with E-state index in [4.69, 9.17) is 0 Å². The highest BCUT2D eigenvalue weighted by atomic mass is 19.1. The number of anilines is 1. The van der Waals surface area contributed by atoms with Crippen LogP contribution in [-0.4, -0.2) is 25.0 Å². The molecular formula is C14H14FN3O2. The minimum Gasteiger partial charge on any atom is -0.621 e. The molecule has 0 radical (unpaired) electrons. The van der Waals surface area contributed by atoms with Crippen molar-refractivity contribution in [2.24, 2.45) is 0 Å². The summed E-state index contributed by atoms with van der Waals surface area (Å²) in [5.41, 5.74) is 0.373. The number of halogens is 1. The second-order valence-corrected chi connectivity index (χ2v) is 4.46. The first-order valence-electron chi connectivity index (χ1n) is 5.97. The van der Waals surface area contributed by atoms with Crippen LogP contribution in [0.4, 0.5) is 15.9 Å². The SMILES string of the molecule is CN(C)c1ccc(C(=O)[NH+]([O-])c2ccc(F)cc2)cn1. The first kappa shape index (κ1) is 14.1. The number of hydrogen-bond acceptors (Lipinski definition) is 4. The molecule has 5 nitrogen and oxygen atoms in total. The van der Waals surface area contributed by atoms with E-state index in [1.807, 2.05) is 14.1 Å². The van der Waals surface area contributed by atoms with Crippen molar-refractivity contribution < 1.29 is 14.2 Å². The molecule has 0 aliphatic heterocycles. The molecular weight excluding hydrogens is 261 g/mol. The second-order valence-electron chi connectivity index (χ2n) is 4.46. The first-order chi connectivity index (χ1) is 9.49. The van der Waals surface area contributed by atoms with Crippen molar-refractivity contribution >= 4 is 17.4 Å². The molecule has 104 valence electrons. The van der Waals surface area contributed by atoms with Crippen LogP contribution in [-0.2, 0) is 0 Å². The highest BCUT2D eigenvalue weighted by molar-refractivity contribution is 5.88. The third kappa shape index (κ3) is 2.98. The molecule has 1 atom stereocenters. The van der Waals surface area contributed by atoms with Crippen LogP contribution in [0.25, 0.3) is 0 Å². The van der Waals surface area contributed by atoms with Crippen molar-refractivity contribution in [3.63, 3.8) is 0 Å². The third-order valence-corrected chi connectivity index (χ3v) is 2.78. The van der Waals surface area contributed by atoms with E-state index in [0.717, 1.165) is 12.1 Å². The summed E-state index contributed by atoms with van der Waals surface area (Å²) < 4.78 is 12.8. The quantitative estimate of drug-likeness (QED) is 0.853. The molecule has 0 aliphatic carbocycles. The van der Waals surface area contributed by atoms with E-state index in [9.17, 15) is 14.4 Å². The Hall–Kier alpha value is -2.31.